The third kappa shape index (κ3) is 1.93. The maximum Gasteiger partial charge on any atom is 0.354 e. The zero-order chi connectivity index (χ0) is 15.1. The minimum absolute atomic E-state index is 0.0618. The van der Waals surface area contributed by atoms with Gasteiger partial charge >= 0.3 is 5.97 Å². The summed E-state index contributed by atoms with van der Waals surface area (Å²) in [5.74, 6) is -1.01. The van der Waals surface area contributed by atoms with Crippen LogP contribution in [-0.2, 0) is 0 Å². The van der Waals surface area contributed by atoms with Crippen LogP contribution in [0.15, 0.2) is 60.9 Å². The Hall–Kier alpha value is -3.14. The van der Waals surface area contributed by atoms with Crippen LogP contribution in [0.5, 0.6) is 0 Å². The van der Waals surface area contributed by atoms with Gasteiger partial charge in [0.15, 0.2) is 0 Å². The SMILES string of the molecule is O=C(O)c1cc2ccc(-c3cccc4cc[nH]c34)cc2cn1. The molecule has 0 spiro atoms. The molecule has 2 aromatic carbocycles. The number of H-pyrrole nitrogens is 1. The van der Waals surface area contributed by atoms with Crippen molar-refractivity contribution >= 4 is 27.6 Å². The second-order valence-corrected chi connectivity index (χ2v) is 5.18. The van der Waals surface area contributed by atoms with Gasteiger partial charge in [0.1, 0.15) is 5.69 Å². The van der Waals surface area contributed by atoms with Gasteiger partial charge in [0.25, 0.3) is 0 Å². The molecule has 22 heavy (non-hydrogen) atoms. The number of carboxylic acids is 1. The number of pyridine rings is 1. The first-order valence-corrected chi connectivity index (χ1v) is 6.92. The Labute approximate surface area is 126 Å². The quantitative estimate of drug-likeness (QED) is 0.584. The lowest BCUT2D eigenvalue weighted by atomic mass is 10.00. The Morgan fingerprint density at radius 3 is 2.77 bits per heavy atom. The van der Waals surface area contributed by atoms with E-state index in [1.54, 1.807) is 12.3 Å². The normalized spacial score (nSPS) is 11.1. The van der Waals surface area contributed by atoms with Crippen LogP contribution in [0.25, 0.3) is 32.8 Å². The molecular formula is C18H12N2O2. The number of rotatable bonds is 2. The molecule has 0 radical (unpaired) electrons. The van der Waals surface area contributed by atoms with E-state index in [-0.39, 0.29) is 5.69 Å². The van der Waals surface area contributed by atoms with E-state index in [4.69, 9.17) is 5.11 Å². The maximum atomic E-state index is 11.0. The van der Waals surface area contributed by atoms with Crippen molar-refractivity contribution in [1.29, 1.82) is 0 Å². The molecule has 2 N–H and O–H groups in total. The number of hydrogen-bond donors (Lipinski definition) is 2. The van der Waals surface area contributed by atoms with E-state index in [1.807, 2.05) is 36.5 Å². The summed E-state index contributed by atoms with van der Waals surface area (Å²) >= 11 is 0. The van der Waals surface area contributed by atoms with Crippen LogP contribution in [0.3, 0.4) is 0 Å². The Balaban J connectivity index is 1.91. The van der Waals surface area contributed by atoms with E-state index >= 15 is 0 Å². The Kier molecular flexibility index (Phi) is 2.69. The van der Waals surface area contributed by atoms with Gasteiger partial charge in [-0.1, -0.05) is 30.3 Å². The molecule has 0 atom stereocenters. The van der Waals surface area contributed by atoms with Crippen LogP contribution in [0.2, 0.25) is 0 Å². The van der Waals surface area contributed by atoms with Crippen molar-refractivity contribution in [2.45, 2.75) is 0 Å². The molecule has 4 heteroatoms. The highest BCUT2D eigenvalue weighted by Gasteiger charge is 2.08. The predicted molar refractivity (Wildman–Crippen MR) is 86.0 cm³/mol. The molecule has 0 aliphatic rings. The van der Waals surface area contributed by atoms with Gasteiger partial charge in [-0.25, -0.2) is 9.78 Å². The molecule has 2 heterocycles. The van der Waals surface area contributed by atoms with Crippen LogP contribution in [-0.4, -0.2) is 21.0 Å². The molecule has 0 bridgehead atoms. The number of hydrogen-bond acceptors (Lipinski definition) is 2. The van der Waals surface area contributed by atoms with E-state index in [0.29, 0.717) is 0 Å². The number of fused-ring (bicyclic) bond motifs is 2. The number of nitrogens with zero attached hydrogens (tertiary/aromatic N) is 1. The number of benzene rings is 2. The fourth-order valence-corrected chi connectivity index (χ4v) is 2.75. The van der Waals surface area contributed by atoms with Gasteiger partial charge in [-0.3, -0.25) is 0 Å². The first-order valence-electron chi connectivity index (χ1n) is 6.92. The zero-order valence-corrected chi connectivity index (χ0v) is 11.6. The summed E-state index contributed by atoms with van der Waals surface area (Å²) < 4.78 is 0. The summed E-state index contributed by atoms with van der Waals surface area (Å²) in [6.45, 7) is 0. The van der Waals surface area contributed by atoms with Gasteiger partial charge in [0.2, 0.25) is 0 Å². The number of nitrogens with one attached hydrogen (secondary N) is 1. The fraction of sp³-hybridized carbons (Fsp3) is 0. The van der Waals surface area contributed by atoms with Gasteiger partial charge in [-0.05, 0) is 34.5 Å². The third-order valence-corrected chi connectivity index (χ3v) is 3.84. The van der Waals surface area contributed by atoms with Crippen molar-refractivity contribution in [2.24, 2.45) is 0 Å². The van der Waals surface area contributed by atoms with Crippen LogP contribution in [0, 0.1) is 0 Å². The van der Waals surface area contributed by atoms with Crippen molar-refractivity contribution < 1.29 is 9.90 Å². The van der Waals surface area contributed by atoms with E-state index in [2.05, 4.69) is 22.1 Å². The molecule has 4 rings (SSSR count). The van der Waals surface area contributed by atoms with Gasteiger partial charge in [0.05, 0.1) is 5.52 Å². The van der Waals surface area contributed by atoms with Gasteiger partial charge in [0, 0.05) is 23.3 Å². The van der Waals surface area contributed by atoms with E-state index in [9.17, 15) is 4.79 Å². The Morgan fingerprint density at radius 2 is 1.91 bits per heavy atom. The van der Waals surface area contributed by atoms with Gasteiger partial charge < -0.3 is 10.1 Å². The Bertz CT molecular complexity index is 1020. The first-order chi connectivity index (χ1) is 10.7. The van der Waals surface area contributed by atoms with Crippen LogP contribution < -0.4 is 0 Å². The molecule has 0 amide bonds. The largest absolute Gasteiger partial charge is 0.477 e. The molecule has 2 aromatic heterocycles. The summed E-state index contributed by atoms with van der Waals surface area (Å²) in [5.41, 5.74) is 3.35. The molecule has 0 saturated heterocycles. The summed E-state index contributed by atoms with van der Waals surface area (Å²) in [6, 6.07) is 15.8. The number of para-hydroxylation sites is 1. The average molecular weight is 288 g/mol. The van der Waals surface area contributed by atoms with Crippen molar-refractivity contribution in [1.82, 2.24) is 9.97 Å². The summed E-state index contributed by atoms with van der Waals surface area (Å²) in [6.07, 6.45) is 3.53. The molecule has 0 unspecified atom stereocenters. The topological polar surface area (TPSA) is 66.0 Å². The van der Waals surface area contributed by atoms with Crippen LogP contribution in [0.4, 0.5) is 0 Å². The molecule has 0 fully saturated rings. The van der Waals surface area contributed by atoms with E-state index in [0.717, 1.165) is 32.8 Å². The lowest BCUT2D eigenvalue weighted by Crippen LogP contribution is -1.99. The van der Waals surface area contributed by atoms with E-state index < -0.39 is 5.97 Å². The van der Waals surface area contributed by atoms with E-state index in [1.165, 1.54) is 0 Å². The van der Waals surface area contributed by atoms with Gasteiger partial charge in [-0.15, -0.1) is 0 Å². The summed E-state index contributed by atoms with van der Waals surface area (Å²) in [5, 5.41) is 12.0. The third-order valence-electron chi connectivity index (χ3n) is 3.84. The number of carbonyl (C=O) groups is 1. The lowest BCUT2D eigenvalue weighted by molar-refractivity contribution is 0.0690. The van der Waals surface area contributed by atoms with Crippen molar-refractivity contribution in [3.63, 3.8) is 0 Å². The highest BCUT2D eigenvalue weighted by molar-refractivity contribution is 5.98. The molecule has 0 aliphatic heterocycles. The smallest absolute Gasteiger partial charge is 0.354 e. The minimum Gasteiger partial charge on any atom is -0.477 e. The lowest BCUT2D eigenvalue weighted by Gasteiger charge is -2.06. The monoisotopic (exact) mass is 288 g/mol. The first kappa shape index (κ1) is 12.6. The van der Waals surface area contributed by atoms with Crippen molar-refractivity contribution in [2.75, 3.05) is 0 Å². The standard InChI is InChI=1S/C18H12N2O2/c21-18(22)16-9-12-4-5-13(8-14(12)10-20-16)15-3-1-2-11-6-7-19-17(11)15/h1-10,19H,(H,21,22). The number of carboxylic acid groups (broad SMARTS) is 1. The maximum absolute atomic E-state index is 11.0. The fourth-order valence-electron chi connectivity index (χ4n) is 2.75. The number of aromatic nitrogens is 2. The Morgan fingerprint density at radius 1 is 1.00 bits per heavy atom. The number of aromatic amines is 1. The highest BCUT2D eigenvalue weighted by Crippen LogP contribution is 2.29. The highest BCUT2D eigenvalue weighted by atomic mass is 16.4. The molecule has 106 valence electrons. The van der Waals surface area contributed by atoms with Crippen LogP contribution >= 0.6 is 0 Å². The second-order valence-electron chi connectivity index (χ2n) is 5.18. The summed E-state index contributed by atoms with van der Waals surface area (Å²) in [4.78, 5) is 18.2. The molecular weight excluding hydrogens is 276 g/mol. The second kappa shape index (κ2) is 4.70. The van der Waals surface area contributed by atoms with Crippen molar-refractivity contribution in [3.05, 3.63) is 66.6 Å². The molecule has 4 nitrogen and oxygen atoms in total. The molecule has 0 saturated carbocycles. The van der Waals surface area contributed by atoms with Gasteiger partial charge in [-0.2, -0.15) is 0 Å². The predicted octanol–water partition coefficient (Wildman–Crippen LogP) is 4.08. The molecule has 0 aliphatic carbocycles. The van der Waals surface area contributed by atoms with Crippen molar-refractivity contribution in [3.8, 4) is 11.1 Å². The number of aromatic carboxylic acids is 1. The average Bonchev–Trinajstić information content (AvgIpc) is 3.02. The minimum atomic E-state index is -1.01. The zero-order valence-electron chi connectivity index (χ0n) is 11.6. The summed E-state index contributed by atoms with van der Waals surface area (Å²) in [7, 11) is 0. The van der Waals surface area contributed by atoms with Crippen LogP contribution in [0.1, 0.15) is 10.5 Å². The molecule has 4 aromatic rings.